The predicted octanol–water partition coefficient (Wildman–Crippen LogP) is 3.75. The Morgan fingerprint density at radius 1 is 1.16 bits per heavy atom. The van der Waals surface area contributed by atoms with Crippen LogP contribution in [0.4, 0.5) is 13.2 Å². The number of esters is 1. The van der Waals surface area contributed by atoms with Gasteiger partial charge < -0.3 is 4.74 Å². The Hall–Kier alpha value is -2.04. The molecule has 0 fully saturated rings. The van der Waals surface area contributed by atoms with Crippen molar-refractivity contribution in [2.45, 2.75) is 19.7 Å². The first-order valence-electron chi connectivity index (χ1n) is 5.60. The van der Waals surface area contributed by atoms with Gasteiger partial charge in [0.05, 0.1) is 0 Å². The quantitative estimate of drug-likeness (QED) is 0.775. The van der Waals surface area contributed by atoms with E-state index >= 15 is 0 Å². The van der Waals surface area contributed by atoms with E-state index in [-0.39, 0.29) is 6.61 Å². The zero-order valence-corrected chi connectivity index (χ0v) is 10.1. The zero-order valence-electron chi connectivity index (χ0n) is 10.1. The number of rotatable bonds is 2. The van der Waals surface area contributed by atoms with E-state index in [0.717, 1.165) is 16.3 Å². The van der Waals surface area contributed by atoms with Gasteiger partial charge in [-0.25, -0.2) is 4.79 Å². The van der Waals surface area contributed by atoms with E-state index in [1.807, 2.05) is 30.3 Å². The highest BCUT2D eigenvalue weighted by Gasteiger charge is 2.40. The lowest BCUT2D eigenvalue weighted by Gasteiger charge is -2.10. The number of benzene rings is 2. The molecule has 0 unspecified atom stereocenters. The molecule has 0 N–H and O–H groups in total. The molecule has 0 amide bonds. The number of halogens is 3. The molecule has 0 saturated heterocycles. The molecule has 0 radical (unpaired) electrons. The van der Waals surface area contributed by atoms with Gasteiger partial charge in [0, 0.05) is 0 Å². The largest absolute Gasteiger partial charge is 0.490 e. The second-order valence-corrected chi connectivity index (χ2v) is 4.20. The van der Waals surface area contributed by atoms with Gasteiger partial charge in [0.1, 0.15) is 6.61 Å². The summed E-state index contributed by atoms with van der Waals surface area (Å²) in [6, 6.07) is 11.1. The number of fused-ring (bicyclic) bond motifs is 1. The molecule has 2 aromatic rings. The van der Waals surface area contributed by atoms with Crippen molar-refractivity contribution in [3.8, 4) is 0 Å². The number of aryl methyl sites for hydroxylation is 1. The summed E-state index contributed by atoms with van der Waals surface area (Å²) < 4.78 is 40.4. The molecule has 2 aromatic carbocycles. The first-order valence-corrected chi connectivity index (χ1v) is 5.60. The van der Waals surface area contributed by atoms with Crippen molar-refractivity contribution in [3.05, 3.63) is 47.5 Å². The number of carbonyl (C=O) groups is 1. The highest BCUT2D eigenvalue weighted by molar-refractivity contribution is 5.84. The summed E-state index contributed by atoms with van der Waals surface area (Å²) in [6.07, 6.45) is -4.95. The lowest BCUT2D eigenvalue weighted by Crippen LogP contribution is -2.25. The summed E-state index contributed by atoms with van der Waals surface area (Å²) in [4.78, 5) is 10.7. The zero-order chi connectivity index (χ0) is 14.0. The summed E-state index contributed by atoms with van der Waals surface area (Å²) >= 11 is 0. The lowest BCUT2D eigenvalue weighted by molar-refractivity contribution is -0.201. The summed E-state index contributed by atoms with van der Waals surface area (Å²) in [6.45, 7) is 1.39. The van der Waals surface area contributed by atoms with Gasteiger partial charge in [0.15, 0.2) is 0 Å². The fourth-order valence-corrected chi connectivity index (χ4v) is 1.78. The van der Waals surface area contributed by atoms with Crippen molar-refractivity contribution < 1.29 is 22.7 Å². The standard InChI is InChI=1S/C14H11F3O2/c1-9-6-10-4-2-3-5-11(10)7-12(9)8-19-13(18)14(15,16)17/h2-7H,8H2,1H3. The van der Waals surface area contributed by atoms with Gasteiger partial charge in [-0.3, -0.25) is 0 Å². The van der Waals surface area contributed by atoms with Crippen LogP contribution in [0.15, 0.2) is 36.4 Å². The summed E-state index contributed by atoms with van der Waals surface area (Å²) in [7, 11) is 0. The average Bonchev–Trinajstić information content (AvgIpc) is 2.34. The molecule has 0 aromatic heterocycles. The van der Waals surface area contributed by atoms with Gasteiger partial charge in [-0.1, -0.05) is 30.3 Å². The van der Waals surface area contributed by atoms with Crippen molar-refractivity contribution in [1.82, 2.24) is 0 Å². The monoisotopic (exact) mass is 268 g/mol. The molecule has 0 aliphatic heterocycles. The van der Waals surface area contributed by atoms with Gasteiger partial charge in [0.25, 0.3) is 0 Å². The number of carbonyl (C=O) groups excluding carboxylic acids is 1. The van der Waals surface area contributed by atoms with E-state index in [1.54, 1.807) is 13.0 Å². The summed E-state index contributed by atoms with van der Waals surface area (Å²) in [5.74, 6) is -2.17. The van der Waals surface area contributed by atoms with Crippen molar-refractivity contribution in [2.24, 2.45) is 0 Å². The third-order valence-electron chi connectivity index (χ3n) is 2.79. The highest BCUT2D eigenvalue weighted by atomic mass is 19.4. The minimum atomic E-state index is -4.95. The van der Waals surface area contributed by atoms with E-state index in [9.17, 15) is 18.0 Å². The molecule has 0 spiro atoms. The molecule has 100 valence electrons. The first kappa shape index (κ1) is 13.4. The van der Waals surface area contributed by atoms with Crippen LogP contribution >= 0.6 is 0 Å². The molecule has 5 heteroatoms. The Morgan fingerprint density at radius 3 is 2.32 bits per heavy atom. The maximum absolute atomic E-state index is 12.0. The van der Waals surface area contributed by atoms with Crippen LogP contribution in [-0.4, -0.2) is 12.1 Å². The van der Waals surface area contributed by atoms with Gasteiger partial charge >= 0.3 is 12.1 Å². The van der Waals surface area contributed by atoms with Crippen LogP contribution in [0.1, 0.15) is 11.1 Å². The Balaban J connectivity index is 2.21. The van der Waals surface area contributed by atoms with Gasteiger partial charge in [-0.15, -0.1) is 0 Å². The molecule has 0 heterocycles. The van der Waals surface area contributed by atoms with Crippen LogP contribution in [0.5, 0.6) is 0 Å². The minimum absolute atomic E-state index is 0.380. The summed E-state index contributed by atoms with van der Waals surface area (Å²) in [5.41, 5.74) is 1.35. The molecule has 2 rings (SSSR count). The average molecular weight is 268 g/mol. The number of alkyl halides is 3. The van der Waals surface area contributed by atoms with Crippen molar-refractivity contribution in [3.63, 3.8) is 0 Å². The molecular formula is C14H11F3O2. The summed E-state index contributed by atoms with van der Waals surface area (Å²) in [5, 5.41) is 1.89. The van der Waals surface area contributed by atoms with Crippen molar-refractivity contribution in [1.29, 1.82) is 0 Å². The second-order valence-electron chi connectivity index (χ2n) is 4.20. The van der Waals surface area contributed by atoms with Crippen LogP contribution in [0.3, 0.4) is 0 Å². The van der Waals surface area contributed by atoms with E-state index < -0.39 is 12.1 Å². The second kappa shape index (κ2) is 4.91. The maximum atomic E-state index is 12.0. The van der Waals surface area contributed by atoms with Crippen LogP contribution in [0, 0.1) is 6.92 Å². The normalized spacial score (nSPS) is 11.6. The third-order valence-corrected chi connectivity index (χ3v) is 2.79. The molecule has 0 atom stereocenters. The molecule has 0 bridgehead atoms. The number of ether oxygens (including phenoxy) is 1. The van der Waals surface area contributed by atoms with Gasteiger partial charge in [-0.05, 0) is 34.9 Å². The van der Waals surface area contributed by atoms with E-state index in [1.165, 1.54) is 0 Å². The van der Waals surface area contributed by atoms with E-state index in [2.05, 4.69) is 4.74 Å². The molecule has 0 aliphatic rings. The number of hydrogen-bond donors (Lipinski definition) is 0. The Bertz CT molecular complexity index is 618. The van der Waals surface area contributed by atoms with Gasteiger partial charge in [0.2, 0.25) is 0 Å². The Kier molecular flexibility index (Phi) is 3.46. The minimum Gasteiger partial charge on any atom is -0.454 e. The molecule has 0 saturated carbocycles. The van der Waals surface area contributed by atoms with Crippen molar-refractivity contribution in [2.75, 3.05) is 0 Å². The fraction of sp³-hybridized carbons (Fsp3) is 0.214. The first-order chi connectivity index (χ1) is 8.88. The van der Waals surface area contributed by atoms with Crippen molar-refractivity contribution >= 4 is 16.7 Å². The molecular weight excluding hydrogens is 257 g/mol. The third kappa shape index (κ3) is 3.05. The van der Waals surface area contributed by atoms with Crippen LogP contribution < -0.4 is 0 Å². The fourth-order valence-electron chi connectivity index (χ4n) is 1.78. The lowest BCUT2D eigenvalue weighted by atomic mass is 10.0. The van der Waals surface area contributed by atoms with E-state index in [0.29, 0.717) is 5.56 Å². The molecule has 2 nitrogen and oxygen atoms in total. The van der Waals surface area contributed by atoms with Crippen LogP contribution in [0.2, 0.25) is 0 Å². The number of hydrogen-bond acceptors (Lipinski definition) is 2. The SMILES string of the molecule is Cc1cc2ccccc2cc1COC(=O)C(F)(F)F. The predicted molar refractivity (Wildman–Crippen MR) is 64.5 cm³/mol. The molecule has 0 aliphatic carbocycles. The van der Waals surface area contributed by atoms with Crippen LogP contribution in [-0.2, 0) is 16.1 Å². The smallest absolute Gasteiger partial charge is 0.454 e. The Morgan fingerprint density at radius 2 is 1.74 bits per heavy atom. The highest BCUT2D eigenvalue weighted by Crippen LogP contribution is 2.22. The Labute approximate surface area is 107 Å². The maximum Gasteiger partial charge on any atom is 0.490 e. The van der Waals surface area contributed by atoms with E-state index in [4.69, 9.17) is 0 Å². The van der Waals surface area contributed by atoms with Crippen LogP contribution in [0.25, 0.3) is 10.8 Å². The topological polar surface area (TPSA) is 26.3 Å². The van der Waals surface area contributed by atoms with Gasteiger partial charge in [-0.2, -0.15) is 13.2 Å². The molecule has 19 heavy (non-hydrogen) atoms.